The Morgan fingerprint density at radius 3 is 2.21 bits per heavy atom. The molecule has 19 heavy (non-hydrogen) atoms. The molecule has 0 aliphatic rings. The number of carboxylic acid groups (broad SMARTS) is 1. The van der Waals surface area contributed by atoms with E-state index >= 15 is 0 Å². The van der Waals surface area contributed by atoms with Crippen molar-refractivity contribution in [3.63, 3.8) is 0 Å². The second-order valence-corrected chi connectivity index (χ2v) is 3.95. The van der Waals surface area contributed by atoms with Gasteiger partial charge < -0.3 is 19.9 Å². The van der Waals surface area contributed by atoms with E-state index in [0.29, 0.717) is 17.1 Å². The van der Waals surface area contributed by atoms with Crippen LogP contribution in [0.2, 0.25) is 0 Å². The van der Waals surface area contributed by atoms with Crippen LogP contribution in [0.1, 0.15) is 12.5 Å². The fourth-order valence-corrected chi connectivity index (χ4v) is 1.62. The quantitative estimate of drug-likeness (QED) is 0.797. The number of methoxy groups -OCH3 is 2. The number of carbonyl (C=O) groups is 2. The highest BCUT2D eigenvalue weighted by molar-refractivity contribution is 5.85. The molecule has 0 saturated carbocycles. The van der Waals surface area contributed by atoms with Crippen molar-refractivity contribution in [3.8, 4) is 11.5 Å². The van der Waals surface area contributed by atoms with E-state index < -0.39 is 17.9 Å². The molecule has 0 heterocycles. The Labute approximate surface area is 111 Å². The molecule has 2 N–H and O–H groups in total. The van der Waals surface area contributed by atoms with Crippen LogP contribution in [0.15, 0.2) is 18.2 Å². The van der Waals surface area contributed by atoms with E-state index in [4.69, 9.17) is 14.6 Å². The van der Waals surface area contributed by atoms with Gasteiger partial charge in [0.05, 0.1) is 20.6 Å². The summed E-state index contributed by atoms with van der Waals surface area (Å²) in [7, 11) is 2.99. The van der Waals surface area contributed by atoms with Gasteiger partial charge in [0.2, 0.25) is 5.91 Å². The predicted octanol–water partition coefficient (Wildman–Crippen LogP) is 0.836. The average Bonchev–Trinajstić information content (AvgIpc) is 2.38. The van der Waals surface area contributed by atoms with Gasteiger partial charge in [0.25, 0.3) is 0 Å². The molecule has 0 aromatic heterocycles. The molecule has 0 fully saturated rings. The summed E-state index contributed by atoms with van der Waals surface area (Å²) in [6.07, 6.45) is -0.00912. The zero-order valence-electron chi connectivity index (χ0n) is 11.1. The van der Waals surface area contributed by atoms with E-state index in [1.165, 1.54) is 21.1 Å². The van der Waals surface area contributed by atoms with Crippen LogP contribution in [0, 0.1) is 0 Å². The van der Waals surface area contributed by atoms with Crippen molar-refractivity contribution < 1.29 is 24.2 Å². The first kappa shape index (κ1) is 14.8. The van der Waals surface area contributed by atoms with Crippen molar-refractivity contribution in [1.82, 2.24) is 5.32 Å². The van der Waals surface area contributed by atoms with Crippen LogP contribution in [0.5, 0.6) is 11.5 Å². The van der Waals surface area contributed by atoms with Crippen molar-refractivity contribution in [2.45, 2.75) is 19.4 Å². The molecule has 1 aromatic carbocycles. The van der Waals surface area contributed by atoms with Crippen LogP contribution in [0.3, 0.4) is 0 Å². The first-order valence-electron chi connectivity index (χ1n) is 5.71. The zero-order chi connectivity index (χ0) is 14.4. The molecule has 1 rings (SSSR count). The second-order valence-electron chi connectivity index (χ2n) is 3.95. The SMILES string of the molecule is COc1cccc(OC)c1CC(=O)N[C@@H](C)C(=O)O. The number of carbonyl (C=O) groups excluding carboxylic acids is 1. The maximum Gasteiger partial charge on any atom is 0.325 e. The third-order valence-electron chi connectivity index (χ3n) is 2.62. The monoisotopic (exact) mass is 267 g/mol. The number of carboxylic acids is 1. The van der Waals surface area contributed by atoms with E-state index in [1.807, 2.05) is 0 Å². The fraction of sp³-hybridized carbons (Fsp3) is 0.385. The van der Waals surface area contributed by atoms with Crippen LogP contribution in [0.25, 0.3) is 0 Å². The Bertz CT molecular complexity index is 450. The van der Waals surface area contributed by atoms with Crippen molar-refractivity contribution in [3.05, 3.63) is 23.8 Å². The summed E-state index contributed by atoms with van der Waals surface area (Å²) in [6.45, 7) is 1.40. The molecule has 1 amide bonds. The lowest BCUT2D eigenvalue weighted by atomic mass is 10.1. The number of benzene rings is 1. The highest BCUT2D eigenvalue weighted by Gasteiger charge is 2.18. The first-order valence-corrected chi connectivity index (χ1v) is 5.71. The lowest BCUT2D eigenvalue weighted by Crippen LogP contribution is -2.39. The van der Waals surface area contributed by atoms with Gasteiger partial charge in [0.1, 0.15) is 17.5 Å². The topological polar surface area (TPSA) is 84.9 Å². The standard InChI is InChI=1S/C13H17NO5/c1-8(13(16)17)14-12(15)7-9-10(18-2)5-4-6-11(9)19-3/h4-6,8H,7H2,1-3H3,(H,14,15)(H,16,17)/t8-/m0/s1. The predicted molar refractivity (Wildman–Crippen MR) is 68.5 cm³/mol. The summed E-state index contributed by atoms with van der Waals surface area (Å²) < 4.78 is 10.3. The Morgan fingerprint density at radius 2 is 1.79 bits per heavy atom. The first-order chi connectivity index (χ1) is 8.99. The van der Waals surface area contributed by atoms with Gasteiger partial charge in [-0.3, -0.25) is 9.59 Å². The summed E-state index contributed by atoms with van der Waals surface area (Å²) in [5.74, 6) is -0.437. The lowest BCUT2D eigenvalue weighted by molar-refractivity contribution is -0.141. The molecule has 0 unspecified atom stereocenters. The molecule has 6 nitrogen and oxygen atoms in total. The van der Waals surface area contributed by atoms with Gasteiger partial charge in [-0.05, 0) is 19.1 Å². The number of rotatable bonds is 6. The zero-order valence-corrected chi connectivity index (χ0v) is 11.1. The summed E-state index contributed by atoms with van der Waals surface area (Å²) >= 11 is 0. The number of amides is 1. The van der Waals surface area contributed by atoms with E-state index in [2.05, 4.69) is 5.32 Å². The van der Waals surface area contributed by atoms with Gasteiger partial charge in [-0.25, -0.2) is 0 Å². The summed E-state index contributed by atoms with van der Waals surface area (Å²) in [5.41, 5.74) is 0.586. The van der Waals surface area contributed by atoms with Crippen molar-refractivity contribution in [2.24, 2.45) is 0 Å². The third kappa shape index (κ3) is 3.87. The number of nitrogens with one attached hydrogen (secondary N) is 1. The smallest absolute Gasteiger partial charge is 0.325 e. The van der Waals surface area contributed by atoms with Gasteiger partial charge in [-0.2, -0.15) is 0 Å². The van der Waals surface area contributed by atoms with E-state index in [9.17, 15) is 9.59 Å². The van der Waals surface area contributed by atoms with E-state index in [1.54, 1.807) is 18.2 Å². The number of hydrogen-bond donors (Lipinski definition) is 2. The third-order valence-corrected chi connectivity index (χ3v) is 2.62. The number of hydrogen-bond acceptors (Lipinski definition) is 4. The molecule has 104 valence electrons. The molecule has 0 aliphatic heterocycles. The summed E-state index contributed by atoms with van der Waals surface area (Å²) in [6, 6.07) is 4.24. The van der Waals surface area contributed by atoms with Crippen molar-refractivity contribution in [1.29, 1.82) is 0 Å². The fourth-order valence-electron chi connectivity index (χ4n) is 1.62. The van der Waals surface area contributed by atoms with Gasteiger partial charge in [-0.15, -0.1) is 0 Å². The highest BCUT2D eigenvalue weighted by Crippen LogP contribution is 2.28. The molecule has 0 aliphatic carbocycles. The van der Waals surface area contributed by atoms with Gasteiger partial charge in [-0.1, -0.05) is 6.07 Å². The molecule has 6 heteroatoms. The Morgan fingerprint density at radius 1 is 1.26 bits per heavy atom. The average molecular weight is 267 g/mol. The van der Waals surface area contributed by atoms with Crippen molar-refractivity contribution in [2.75, 3.05) is 14.2 Å². The van der Waals surface area contributed by atoms with Crippen LogP contribution < -0.4 is 14.8 Å². The molecular weight excluding hydrogens is 250 g/mol. The largest absolute Gasteiger partial charge is 0.496 e. The minimum Gasteiger partial charge on any atom is -0.496 e. The van der Waals surface area contributed by atoms with Gasteiger partial charge >= 0.3 is 5.97 Å². The molecule has 1 atom stereocenters. The molecule has 0 saturated heterocycles. The molecule has 0 spiro atoms. The second kappa shape index (κ2) is 6.63. The lowest BCUT2D eigenvalue weighted by Gasteiger charge is -2.14. The molecule has 0 bridgehead atoms. The Hall–Kier alpha value is -2.24. The van der Waals surface area contributed by atoms with Crippen LogP contribution in [-0.2, 0) is 16.0 Å². The van der Waals surface area contributed by atoms with Gasteiger partial charge in [0.15, 0.2) is 0 Å². The molecular formula is C13H17NO5. The number of ether oxygens (including phenoxy) is 2. The normalized spacial score (nSPS) is 11.5. The molecule has 0 radical (unpaired) electrons. The maximum atomic E-state index is 11.8. The Kier molecular flexibility index (Phi) is 5.17. The van der Waals surface area contributed by atoms with Crippen LogP contribution in [0.4, 0.5) is 0 Å². The van der Waals surface area contributed by atoms with Crippen LogP contribution in [-0.4, -0.2) is 37.2 Å². The van der Waals surface area contributed by atoms with Gasteiger partial charge in [0, 0.05) is 5.56 Å². The maximum absolute atomic E-state index is 11.8. The summed E-state index contributed by atoms with van der Waals surface area (Å²) in [4.78, 5) is 22.4. The number of aliphatic carboxylic acids is 1. The van der Waals surface area contributed by atoms with E-state index in [0.717, 1.165) is 0 Å². The highest BCUT2D eigenvalue weighted by atomic mass is 16.5. The van der Waals surface area contributed by atoms with Crippen molar-refractivity contribution >= 4 is 11.9 Å². The van der Waals surface area contributed by atoms with E-state index in [-0.39, 0.29) is 6.42 Å². The molecule has 1 aromatic rings. The van der Waals surface area contributed by atoms with Crippen LogP contribution >= 0.6 is 0 Å². The summed E-state index contributed by atoms with van der Waals surface area (Å²) in [5, 5.41) is 11.1. The minimum atomic E-state index is -1.08. The Balaban J connectivity index is 2.86. The minimum absolute atomic E-state index is 0.00912.